The summed E-state index contributed by atoms with van der Waals surface area (Å²) in [6, 6.07) is 7.35. The lowest BCUT2D eigenvalue weighted by atomic mass is 9.98. The highest BCUT2D eigenvalue weighted by molar-refractivity contribution is 7.18. The van der Waals surface area contributed by atoms with Gasteiger partial charge < -0.3 is 5.32 Å². The SMILES string of the molecule is CCCC[C@H](CC)C(=O)N[C@@H](C)C(=O)Nc1nnc(-c2ccc(C)cc2)s1. The van der Waals surface area contributed by atoms with E-state index in [1.807, 2.05) is 38.1 Å². The first-order valence-electron chi connectivity index (χ1n) is 9.46. The number of hydrogen-bond donors (Lipinski definition) is 2. The lowest BCUT2D eigenvalue weighted by Gasteiger charge is -2.18. The minimum Gasteiger partial charge on any atom is -0.344 e. The van der Waals surface area contributed by atoms with Gasteiger partial charge in [-0.1, -0.05) is 67.9 Å². The Bertz CT molecular complexity index is 758. The summed E-state index contributed by atoms with van der Waals surface area (Å²) in [6.07, 6.45) is 3.69. The van der Waals surface area contributed by atoms with Gasteiger partial charge in [-0.15, -0.1) is 10.2 Å². The van der Waals surface area contributed by atoms with Crippen molar-refractivity contribution in [3.8, 4) is 10.6 Å². The maximum atomic E-state index is 12.4. The Morgan fingerprint density at radius 3 is 2.44 bits per heavy atom. The van der Waals surface area contributed by atoms with Crippen LogP contribution in [0.2, 0.25) is 0 Å². The topological polar surface area (TPSA) is 84.0 Å². The predicted octanol–water partition coefficient (Wildman–Crippen LogP) is 4.17. The van der Waals surface area contributed by atoms with Crippen molar-refractivity contribution < 1.29 is 9.59 Å². The van der Waals surface area contributed by atoms with E-state index in [0.29, 0.717) is 5.13 Å². The molecule has 1 heterocycles. The van der Waals surface area contributed by atoms with Crippen LogP contribution >= 0.6 is 11.3 Å². The van der Waals surface area contributed by atoms with Crippen molar-refractivity contribution in [1.82, 2.24) is 15.5 Å². The van der Waals surface area contributed by atoms with E-state index in [2.05, 4.69) is 27.8 Å². The number of nitrogens with zero attached hydrogens (tertiary/aromatic N) is 2. The van der Waals surface area contributed by atoms with Crippen molar-refractivity contribution in [3.05, 3.63) is 29.8 Å². The summed E-state index contributed by atoms with van der Waals surface area (Å²) in [4.78, 5) is 24.7. The van der Waals surface area contributed by atoms with Crippen molar-refractivity contribution in [2.75, 3.05) is 5.32 Å². The van der Waals surface area contributed by atoms with Crippen LogP contribution in [0.4, 0.5) is 5.13 Å². The standard InChI is InChI=1S/C20H28N4O2S/c1-5-7-8-15(6-2)18(26)21-14(4)17(25)22-20-24-23-19(27-20)16-11-9-13(3)10-12-16/h9-12,14-15H,5-8H2,1-4H3,(H,21,26)(H,22,24,25)/t14-,15-/m0/s1. The molecule has 0 saturated heterocycles. The number of carbonyl (C=O) groups excluding carboxylic acids is 2. The lowest BCUT2D eigenvalue weighted by Crippen LogP contribution is -2.44. The quantitative estimate of drug-likeness (QED) is 0.675. The van der Waals surface area contributed by atoms with Crippen molar-refractivity contribution in [1.29, 1.82) is 0 Å². The number of aromatic nitrogens is 2. The molecule has 0 fully saturated rings. The van der Waals surface area contributed by atoms with Crippen molar-refractivity contribution in [2.24, 2.45) is 5.92 Å². The molecule has 1 aromatic heterocycles. The molecule has 0 radical (unpaired) electrons. The minimum absolute atomic E-state index is 0.0464. The van der Waals surface area contributed by atoms with E-state index in [1.54, 1.807) is 6.92 Å². The summed E-state index contributed by atoms with van der Waals surface area (Å²) < 4.78 is 0. The molecule has 0 unspecified atom stereocenters. The lowest BCUT2D eigenvalue weighted by molar-refractivity contribution is -0.129. The average Bonchev–Trinajstić information content (AvgIpc) is 3.11. The predicted molar refractivity (Wildman–Crippen MR) is 110 cm³/mol. The number of amides is 2. The highest BCUT2D eigenvalue weighted by atomic mass is 32.1. The Morgan fingerprint density at radius 1 is 1.11 bits per heavy atom. The molecule has 2 rings (SSSR count). The fraction of sp³-hybridized carbons (Fsp3) is 0.500. The first kappa shape index (κ1) is 21.0. The second-order valence-electron chi connectivity index (χ2n) is 6.75. The molecule has 2 aromatic rings. The maximum Gasteiger partial charge on any atom is 0.248 e. The molecule has 146 valence electrons. The molecule has 2 amide bonds. The Balaban J connectivity index is 1.92. The molecule has 7 heteroatoms. The molecule has 0 aliphatic rings. The van der Waals surface area contributed by atoms with E-state index in [4.69, 9.17) is 0 Å². The highest BCUT2D eigenvalue weighted by Crippen LogP contribution is 2.26. The van der Waals surface area contributed by atoms with Crippen LogP contribution in [0.3, 0.4) is 0 Å². The molecule has 0 aliphatic heterocycles. The first-order chi connectivity index (χ1) is 12.9. The van der Waals surface area contributed by atoms with Crippen LogP contribution in [0.15, 0.2) is 24.3 Å². The Kier molecular flexibility index (Phi) is 7.91. The third-order valence-electron chi connectivity index (χ3n) is 4.48. The number of benzene rings is 1. The molecular formula is C20H28N4O2S. The summed E-state index contributed by atoms with van der Waals surface area (Å²) in [5, 5.41) is 14.9. The van der Waals surface area contributed by atoms with Gasteiger partial charge in [0.15, 0.2) is 0 Å². The fourth-order valence-electron chi connectivity index (χ4n) is 2.67. The maximum absolute atomic E-state index is 12.4. The molecule has 27 heavy (non-hydrogen) atoms. The normalized spacial score (nSPS) is 13.0. The van der Waals surface area contributed by atoms with E-state index in [1.165, 1.54) is 16.9 Å². The van der Waals surface area contributed by atoms with Gasteiger partial charge in [0.25, 0.3) is 0 Å². The van der Waals surface area contributed by atoms with E-state index in [0.717, 1.165) is 36.3 Å². The second kappa shape index (κ2) is 10.2. The van der Waals surface area contributed by atoms with Gasteiger partial charge in [0.1, 0.15) is 11.0 Å². The molecule has 2 atom stereocenters. The number of nitrogens with one attached hydrogen (secondary N) is 2. The van der Waals surface area contributed by atoms with Crippen LogP contribution in [0.25, 0.3) is 10.6 Å². The Hall–Kier alpha value is -2.28. The first-order valence-corrected chi connectivity index (χ1v) is 10.3. The number of rotatable bonds is 9. The van der Waals surface area contributed by atoms with Crippen LogP contribution < -0.4 is 10.6 Å². The molecule has 0 bridgehead atoms. The van der Waals surface area contributed by atoms with Gasteiger partial charge in [-0.05, 0) is 26.7 Å². The van der Waals surface area contributed by atoms with Crippen LogP contribution in [0.5, 0.6) is 0 Å². The van der Waals surface area contributed by atoms with Crippen molar-refractivity contribution >= 4 is 28.3 Å². The van der Waals surface area contributed by atoms with Gasteiger partial charge in [-0.3, -0.25) is 14.9 Å². The Morgan fingerprint density at radius 2 is 1.81 bits per heavy atom. The van der Waals surface area contributed by atoms with Gasteiger partial charge in [-0.25, -0.2) is 0 Å². The fourth-order valence-corrected chi connectivity index (χ4v) is 3.42. The minimum atomic E-state index is -0.625. The smallest absolute Gasteiger partial charge is 0.248 e. The van der Waals surface area contributed by atoms with Gasteiger partial charge in [0, 0.05) is 11.5 Å². The van der Waals surface area contributed by atoms with Crippen LogP contribution in [0.1, 0.15) is 52.0 Å². The molecular weight excluding hydrogens is 360 g/mol. The zero-order chi connectivity index (χ0) is 19.8. The highest BCUT2D eigenvalue weighted by Gasteiger charge is 2.22. The zero-order valence-corrected chi connectivity index (χ0v) is 17.2. The van der Waals surface area contributed by atoms with Gasteiger partial charge in [0.2, 0.25) is 16.9 Å². The number of carbonyl (C=O) groups is 2. The summed E-state index contributed by atoms with van der Waals surface area (Å²) in [7, 11) is 0. The number of hydrogen-bond acceptors (Lipinski definition) is 5. The summed E-state index contributed by atoms with van der Waals surface area (Å²) in [5.41, 5.74) is 2.13. The summed E-state index contributed by atoms with van der Waals surface area (Å²) in [6.45, 7) is 7.81. The molecule has 0 spiro atoms. The van der Waals surface area contributed by atoms with Crippen molar-refractivity contribution in [2.45, 2.75) is 59.4 Å². The number of aryl methyl sites for hydroxylation is 1. The molecule has 0 aliphatic carbocycles. The summed E-state index contributed by atoms with van der Waals surface area (Å²) >= 11 is 1.31. The molecule has 2 N–H and O–H groups in total. The number of unbranched alkanes of at least 4 members (excludes halogenated alkanes) is 1. The van der Waals surface area contributed by atoms with Crippen LogP contribution in [-0.2, 0) is 9.59 Å². The van der Waals surface area contributed by atoms with E-state index < -0.39 is 6.04 Å². The van der Waals surface area contributed by atoms with Gasteiger partial charge in [0.05, 0.1) is 0 Å². The summed E-state index contributed by atoms with van der Waals surface area (Å²) in [5.74, 6) is -0.402. The molecule has 1 aromatic carbocycles. The third-order valence-corrected chi connectivity index (χ3v) is 5.36. The molecule has 6 nitrogen and oxygen atoms in total. The van der Waals surface area contributed by atoms with Crippen LogP contribution in [0, 0.1) is 12.8 Å². The van der Waals surface area contributed by atoms with Gasteiger partial charge >= 0.3 is 0 Å². The number of anilines is 1. The second-order valence-corrected chi connectivity index (χ2v) is 7.72. The zero-order valence-electron chi connectivity index (χ0n) is 16.4. The third kappa shape index (κ3) is 6.13. The van der Waals surface area contributed by atoms with E-state index in [-0.39, 0.29) is 17.7 Å². The van der Waals surface area contributed by atoms with Crippen molar-refractivity contribution in [3.63, 3.8) is 0 Å². The monoisotopic (exact) mass is 388 g/mol. The average molecular weight is 389 g/mol. The van der Waals surface area contributed by atoms with E-state index >= 15 is 0 Å². The van der Waals surface area contributed by atoms with Gasteiger partial charge in [-0.2, -0.15) is 0 Å². The van der Waals surface area contributed by atoms with Crippen LogP contribution in [-0.4, -0.2) is 28.1 Å². The molecule has 0 saturated carbocycles. The largest absolute Gasteiger partial charge is 0.344 e. The Labute approximate surface area is 164 Å². The van der Waals surface area contributed by atoms with E-state index in [9.17, 15) is 9.59 Å².